The van der Waals surface area contributed by atoms with E-state index in [1.165, 1.54) is 11.8 Å². The number of hydrogen-bond acceptors (Lipinski definition) is 8. The Hall–Kier alpha value is -3.31. The molecule has 0 aliphatic carbocycles. The van der Waals surface area contributed by atoms with E-state index in [0.717, 1.165) is 53.2 Å². The van der Waals surface area contributed by atoms with Crippen LogP contribution < -0.4 is 10.9 Å². The molecule has 10 nitrogen and oxygen atoms in total. The summed E-state index contributed by atoms with van der Waals surface area (Å²) in [5.74, 6) is 0.179. The minimum Gasteiger partial charge on any atom is -0.433 e. The molecule has 11 heteroatoms. The fourth-order valence-corrected chi connectivity index (χ4v) is 6.45. The molecule has 2 N–H and O–H groups in total. The van der Waals surface area contributed by atoms with Crippen LogP contribution in [0.1, 0.15) is 73.9 Å². The second kappa shape index (κ2) is 13.3. The quantitative estimate of drug-likeness (QED) is 0.255. The Morgan fingerprint density at radius 1 is 1.24 bits per heavy atom. The lowest BCUT2D eigenvalue weighted by Gasteiger charge is -2.35. The predicted octanol–water partition coefficient (Wildman–Crippen LogP) is 5.22. The lowest BCUT2D eigenvalue weighted by molar-refractivity contribution is -0.0115. The zero-order valence-electron chi connectivity index (χ0n) is 25.7. The number of likely N-dealkylation sites (tertiary alicyclic amines) is 1. The van der Waals surface area contributed by atoms with Crippen molar-refractivity contribution < 1.29 is 19.1 Å². The number of ether oxygens (including phenoxy) is 2. The molecule has 0 saturated carbocycles. The van der Waals surface area contributed by atoms with E-state index in [-0.39, 0.29) is 24.1 Å². The number of H-pyrrole nitrogens is 1. The summed E-state index contributed by atoms with van der Waals surface area (Å²) in [7, 11) is 0. The Morgan fingerprint density at radius 2 is 1.95 bits per heavy atom. The number of carbonyl (C=O) groups is 2. The maximum Gasteiger partial charge on any atom is 0.508 e. The van der Waals surface area contributed by atoms with Crippen molar-refractivity contribution in [3.8, 4) is 0 Å². The first-order valence-electron chi connectivity index (χ1n) is 14.5. The van der Waals surface area contributed by atoms with Crippen LogP contribution in [-0.4, -0.2) is 69.6 Å². The molecule has 1 unspecified atom stereocenters. The zero-order chi connectivity index (χ0) is 30.6. The van der Waals surface area contributed by atoms with Crippen LogP contribution in [0.4, 0.5) is 4.79 Å². The number of aromatic amines is 1. The van der Waals surface area contributed by atoms with Crippen molar-refractivity contribution in [1.82, 2.24) is 24.8 Å². The SMILES string of the molecule is CSc1cc(C)[nH]c(=O)c1CNC(=O)c1c(C)n(C(C)C2CCN(CCOC(=O)OC(C)(C)C)CC2)c2ncccc12. The number of rotatable bonds is 9. The number of piperidine rings is 1. The third-order valence-corrected chi connectivity index (χ3v) is 8.65. The van der Waals surface area contributed by atoms with Gasteiger partial charge < -0.3 is 24.3 Å². The number of aryl methyl sites for hydroxylation is 1. The number of nitrogens with one attached hydrogen (secondary N) is 2. The molecule has 1 aliphatic heterocycles. The lowest BCUT2D eigenvalue weighted by atomic mass is 9.90. The molecule has 1 atom stereocenters. The molecule has 0 spiro atoms. The molecule has 4 heterocycles. The van der Waals surface area contributed by atoms with Crippen LogP contribution in [0.25, 0.3) is 11.0 Å². The topological polar surface area (TPSA) is 119 Å². The first-order valence-corrected chi connectivity index (χ1v) is 15.7. The molecular formula is C31H43N5O5S. The number of carbonyl (C=O) groups excluding carboxylic acids is 2. The van der Waals surface area contributed by atoms with Crippen LogP contribution in [0, 0.1) is 19.8 Å². The predicted molar refractivity (Wildman–Crippen MR) is 165 cm³/mol. The summed E-state index contributed by atoms with van der Waals surface area (Å²) in [6.07, 6.45) is 5.01. The van der Waals surface area contributed by atoms with Crippen LogP contribution in [0.15, 0.2) is 34.1 Å². The van der Waals surface area contributed by atoms with Gasteiger partial charge in [0.05, 0.1) is 5.56 Å². The Morgan fingerprint density at radius 3 is 2.62 bits per heavy atom. The maximum absolute atomic E-state index is 13.6. The molecule has 0 aromatic carbocycles. The summed E-state index contributed by atoms with van der Waals surface area (Å²) in [5, 5.41) is 3.80. The normalized spacial score (nSPS) is 15.5. The summed E-state index contributed by atoms with van der Waals surface area (Å²) in [4.78, 5) is 48.7. The van der Waals surface area contributed by atoms with E-state index >= 15 is 0 Å². The highest BCUT2D eigenvalue weighted by Gasteiger charge is 2.30. The summed E-state index contributed by atoms with van der Waals surface area (Å²) in [6, 6.07) is 5.84. The molecule has 4 rings (SSSR count). The molecule has 42 heavy (non-hydrogen) atoms. The number of fused-ring (bicyclic) bond motifs is 1. The van der Waals surface area contributed by atoms with Gasteiger partial charge in [0, 0.05) is 52.6 Å². The highest BCUT2D eigenvalue weighted by molar-refractivity contribution is 7.98. The van der Waals surface area contributed by atoms with Crippen LogP contribution in [-0.2, 0) is 16.0 Å². The van der Waals surface area contributed by atoms with Gasteiger partial charge >= 0.3 is 6.16 Å². The summed E-state index contributed by atoms with van der Waals surface area (Å²) < 4.78 is 12.7. The largest absolute Gasteiger partial charge is 0.508 e. The highest BCUT2D eigenvalue weighted by atomic mass is 32.2. The first kappa shape index (κ1) is 31.6. The van der Waals surface area contributed by atoms with E-state index in [1.54, 1.807) is 6.20 Å². The number of thioether (sulfide) groups is 1. The van der Waals surface area contributed by atoms with Crippen molar-refractivity contribution in [1.29, 1.82) is 0 Å². The number of hydrogen-bond donors (Lipinski definition) is 2. The minimum atomic E-state index is -0.635. The number of amides is 1. The van der Waals surface area contributed by atoms with Crippen LogP contribution in [0.2, 0.25) is 0 Å². The van der Waals surface area contributed by atoms with E-state index < -0.39 is 11.8 Å². The second-order valence-electron chi connectivity index (χ2n) is 11.9. The van der Waals surface area contributed by atoms with Gasteiger partial charge in [-0.3, -0.25) is 14.5 Å². The van der Waals surface area contributed by atoms with E-state index in [2.05, 4.69) is 31.7 Å². The first-order chi connectivity index (χ1) is 19.9. The van der Waals surface area contributed by atoms with Crippen molar-refractivity contribution in [3.63, 3.8) is 0 Å². The van der Waals surface area contributed by atoms with Gasteiger partial charge in [0.2, 0.25) is 0 Å². The Labute approximate surface area is 251 Å². The number of nitrogens with zero attached hydrogens (tertiary/aromatic N) is 3. The van der Waals surface area contributed by atoms with Crippen molar-refractivity contribution in [2.75, 3.05) is 32.5 Å². The lowest BCUT2D eigenvalue weighted by Crippen LogP contribution is -2.38. The Bertz CT molecular complexity index is 1480. The molecule has 3 aromatic rings. The van der Waals surface area contributed by atoms with Gasteiger partial charge in [0.15, 0.2) is 0 Å². The van der Waals surface area contributed by atoms with E-state index in [9.17, 15) is 14.4 Å². The highest BCUT2D eigenvalue weighted by Crippen LogP contribution is 2.35. The summed E-state index contributed by atoms with van der Waals surface area (Å²) in [6.45, 7) is 14.4. The van der Waals surface area contributed by atoms with Gasteiger partial charge in [-0.2, -0.15) is 0 Å². The molecule has 228 valence electrons. The minimum absolute atomic E-state index is 0.132. The van der Waals surface area contributed by atoms with E-state index in [4.69, 9.17) is 9.47 Å². The zero-order valence-corrected chi connectivity index (χ0v) is 26.5. The van der Waals surface area contributed by atoms with Crippen molar-refractivity contribution >= 4 is 34.9 Å². The van der Waals surface area contributed by atoms with Crippen LogP contribution >= 0.6 is 11.8 Å². The Kier molecular flexibility index (Phi) is 10.0. The fourth-order valence-electron chi connectivity index (χ4n) is 5.74. The molecule has 1 aliphatic rings. The number of pyridine rings is 2. The molecule has 1 fully saturated rings. The van der Waals surface area contributed by atoms with Gasteiger partial charge in [-0.15, -0.1) is 11.8 Å². The third-order valence-electron chi connectivity index (χ3n) is 7.85. The van der Waals surface area contributed by atoms with Gasteiger partial charge in [-0.25, -0.2) is 9.78 Å². The van der Waals surface area contributed by atoms with Gasteiger partial charge in [0.25, 0.3) is 11.5 Å². The molecule has 0 radical (unpaired) electrons. The van der Waals surface area contributed by atoms with Crippen molar-refractivity contribution in [2.45, 2.75) is 77.5 Å². The van der Waals surface area contributed by atoms with Crippen molar-refractivity contribution in [3.05, 3.63) is 57.3 Å². The third kappa shape index (κ3) is 7.36. The molecular weight excluding hydrogens is 554 g/mol. The van der Waals surface area contributed by atoms with E-state index in [1.807, 2.05) is 59.1 Å². The Balaban J connectivity index is 1.44. The average Bonchev–Trinajstić information content (AvgIpc) is 3.22. The van der Waals surface area contributed by atoms with Crippen LogP contribution in [0.3, 0.4) is 0 Å². The fraction of sp³-hybridized carbons (Fsp3) is 0.548. The maximum atomic E-state index is 13.6. The second-order valence-corrected chi connectivity index (χ2v) is 12.8. The van der Waals surface area contributed by atoms with Gasteiger partial charge in [-0.05, 0) is 97.8 Å². The molecule has 0 bridgehead atoms. The molecule has 3 aromatic heterocycles. The standard InChI is InChI=1S/C31H43N5O5S/c1-19-17-25(42-7)24(28(37)34-19)18-33-29(38)26-21(3)36(27-23(26)9-8-12-32-27)20(2)22-10-13-35(14-11-22)15-16-40-30(39)41-31(4,5)6/h8-9,12,17,20,22H,10-11,13-16,18H2,1-7H3,(H,33,38)(H,34,37). The van der Waals surface area contributed by atoms with E-state index in [0.29, 0.717) is 30.2 Å². The number of aromatic nitrogens is 3. The average molecular weight is 598 g/mol. The molecule has 1 saturated heterocycles. The molecule has 1 amide bonds. The van der Waals surface area contributed by atoms with Crippen molar-refractivity contribution in [2.24, 2.45) is 5.92 Å². The smallest absolute Gasteiger partial charge is 0.433 e. The summed E-state index contributed by atoms with van der Waals surface area (Å²) in [5.41, 5.74) is 2.84. The van der Waals surface area contributed by atoms with Gasteiger partial charge in [0.1, 0.15) is 17.9 Å². The summed E-state index contributed by atoms with van der Waals surface area (Å²) >= 11 is 1.49. The van der Waals surface area contributed by atoms with Crippen LogP contribution in [0.5, 0.6) is 0 Å². The monoisotopic (exact) mass is 597 g/mol. The van der Waals surface area contributed by atoms with Gasteiger partial charge in [-0.1, -0.05) is 0 Å².